The van der Waals surface area contributed by atoms with Gasteiger partial charge in [-0.3, -0.25) is 4.79 Å². The van der Waals surface area contributed by atoms with Gasteiger partial charge >= 0.3 is 12.1 Å². The number of ether oxygens (including phenoxy) is 1. The molecule has 1 N–H and O–H groups in total. The standard InChI is InChI=1S/C12H12ClF3O3/c1-2-19-11(18)6-10(17)7-3-8(12(14,15)16)5-9(13)4-7/h3-5,10,17H,2,6H2,1H3. The number of hydrogen-bond donors (Lipinski definition) is 1. The van der Waals surface area contributed by atoms with Crippen molar-refractivity contribution >= 4 is 17.6 Å². The molecule has 0 saturated carbocycles. The molecule has 0 heterocycles. The zero-order chi connectivity index (χ0) is 14.6. The summed E-state index contributed by atoms with van der Waals surface area (Å²) in [6.07, 6.45) is -6.38. The van der Waals surface area contributed by atoms with Crippen molar-refractivity contribution in [2.24, 2.45) is 0 Å². The van der Waals surface area contributed by atoms with Crippen molar-refractivity contribution in [1.29, 1.82) is 0 Å². The topological polar surface area (TPSA) is 46.5 Å². The summed E-state index contributed by atoms with van der Waals surface area (Å²) in [4.78, 5) is 11.2. The van der Waals surface area contributed by atoms with Gasteiger partial charge in [0.1, 0.15) is 0 Å². The van der Waals surface area contributed by atoms with Crippen LogP contribution in [-0.4, -0.2) is 17.7 Å². The molecule has 0 aliphatic rings. The summed E-state index contributed by atoms with van der Waals surface area (Å²) in [6.45, 7) is 1.72. The van der Waals surface area contributed by atoms with Crippen molar-refractivity contribution in [3.8, 4) is 0 Å². The van der Waals surface area contributed by atoms with Gasteiger partial charge in [-0.25, -0.2) is 0 Å². The first-order valence-corrected chi connectivity index (χ1v) is 5.83. The molecule has 0 spiro atoms. The first-order valence-electron chi connectivity index (χ1n) is 5.45. The number of benzene rings is 1. The third-order valence-corrected chi connectivity index (χ3v) is 2.52. The van der Waals surface area contributed by atoms with Crippen molar-refractivity contribution in [2.75, 3.05) is 6.61 Å². The van der Waals surface area contributed by atoms with Crippen LogP contribution in [0.3, 0.4) is 0 Å². The van der Waals surface area contributed by atoms with Crippen molar-refractivity contribution in [3.05, 3.63) is 34.3 Å². The zero-order valence-electron chi connectivity index (χ0n) is 10.00. The predicted octanol–water partition coefficient (Wildman–Crippen LogP) is 3.35. The molecular weight excluding hydrogens is 285 g/mol. The molecule has 1 unspecified atom stereocenters. The molecule has 0 aliphatic heterocycles. The lowest BCUT2D eigenvalue weighted by Gasteiger charge is -2.14. The van der Waals surface area contributed by atoms with Crippen LogP contribution in [0.2, 0.25) is 5.02 Å². The highest BCUT2D eigenvalue weighted by molar-refractivity contribution is 6.30. The summed E-state index contributed by atoms with van der Waals surface area (Å²) < 4.78 is 42.3. The second-order valence-corrected chi connectivity index (χ2v) is 4.23. The average molecular weight is 297 g/mol. The van der Waals surface area contributed by atoms with Crippen molar-refractivity contribution < 1.29 is 27.8 Å². The highest BCUT2D eigenvalue weighted by Gasteiger charge is 2.31. The predicted molar refractivity (Wildman–Crippen MR) is 62.7 cm³/mol. The molecule has 3 nitrogen and oxygen atoms in total. The molecule has 0 bridgehead atoms. The lowest BCUT2D eigenvalue weighted by atomic mass is 10.0. The Bertz CT molecular complexity index is 460. The fourth-order valence-corrected chi connectivity index (χ4v) is 1.71. The molecule has 0 fully saturated rings. The molecule has 1 aromatic carbocycles. The van der Waals surface area contributed by atoms with Crippen molar-refractivity contribution in [1.82, 2.24) is 0 Å². The molecule has 0 aliphatic carbocycles. The van der Waals surface area contributed by atoms with Gasteiger partial charge in [0.25, 0.3) is 0 Å². The van der Waals surface area contributed by atoms with E-state index in [-0.39, 0.29) is 17.2 Å². The van der Waals surface area contributed by atoms with Crippen LogP contribution in [-0.2, 0) is 15.7 Å². The molecule has 7 heteroatoms. The Morgan fingerprint density at radius 1 is 1.42 bits per heavy atom. The van der Waals surface area contributed by atoms with Gasteiger partial charge in [-0.05, 0) is 30.7 Å². The second-order valence-electron chi connectivity index (χ2n) is 3.80. The number of alkyl halides is 3. The van der Waals surface area contributed by atoms with Crippen LogP contribution in [0.25, 0.3) is 0 Å². The highest BCUT2D eigenvalue weighted by atomic mass is 35.5. The summed E-state index contributed by atoms with van der Waals surface area (Å²) in [5.41, 5.74) is -1.05. The van der Waals surface area contributed by atoms with Gasteiger partial charge < -0.3 is 9.84 Å². The summed E-state index contributed by atoms with van der Waals surface area (Å²) in [5.74, 6) is -0.691. The molecule has 0 aromatic heterocycles. The van der Waals surface area contributed by atoms with Crippen LogP contribution in [0.15, 0.2) is 18.2 Å². The van der Waals surface area contributed by atoms with Crippen LogP contribution < -0.4 is 0 Å². The quantitative estimate of drug-likeness (QED) is 0.867. The molecule has 0 radical (unpaired) electrons. The van der Waals surface area contributed by atoms with Gasteiger partial charge in [-0.1, -0.05) is 11.6 Å². The van der Waals surface area contributed by atoms with Crippen molar-refractivity contribution in [3.63, 3.8) is 0 Å². The number of esters is 1. The van der Waals surface area contributed by atoms with Crippen LogP contribution in [0.1, 0.15) is 30.6 Å². The number of carbonyl (C=O) groups is 1. The van der Waals surface area contributed by atoms with Gasteiger partial charge in [0.05, 0.1) is 24.7 Å². The van der Waals surface area contributed by atoms with E-state index >= 15 is 0 Å². The monoisotopic (exact) mass is 296 g/mol. The summed E-state index contributed by atoms with van der Waals surface area (Å²) in [5, 5.41) is 9.55. The third-order valence-electron chi connectivity index (χ3n) is 2.30. The Labute approximate surface area is 112 Å². The molecule has 0 saturated heterocycles. The molecule has 1 atom stereocenters. The molecule has 19 heavy (non-hydrogen) atoms. The van der Waals surface area contributed by atoms with Crippen LogP contribution >= 0.6 is 11.6 Å². The Morgan fingerprint density at radius 3 is 2.58 bits per heavy atom. The molecular formula is C12H12ClF3O3. The van der Waals surface area contributed by atoms with E-state index in [1.807, 2.05) is 0 Å². The van der Waals surface area contributed by atoms with E-state index in [2.05, 4.69) is 4.74 Å². The fourth-order valence-electron chi connectivity index (χ4n) is 1.46. The van der Waals surface area contributed by atoms with Gasteiger partial charge in [0, 0.05) is 5.02 Å². The maximum Gasteiger partial charge on any atom is 0.416 e. The lowest BCUT2D eigenvalue weighted by molar-refractivity contribution is -0.145. The highest BCUT2D eigenvalue weighted by Crippen LogP contribution is 2.33. The van der Waals surface area contributed by atoms with Gasteiger partial charge in [-0.15, -0.1) is 0 Å². The van der Waals surface area contributed by atoms with Gasteiger partial charge in [0.15, 0.2) is 0 Å². The lowest BCUT2D eigenvalue weighted by Crippen LogP contribution is -2.12. The largest absolute Gasteiger partial charge is 0.466 e. The first kappa shape index (κ1) is 15.8. The summed E-state index contributed by atoms with van der Waals surface area (Å²) in [6, 6.07) is 2.69. The SMILES string of the molecule is CCOC(=O)CC(O)c1cc(Cl)cc(C(F)(F)F)c1. The number of aliphatic hydroxyl groups excluding tert-OH is 1. The number of carbonyl (C=O) groups excluding carboxylic acids is 1. The summed E-state index contributed by atoms with van der Waals surface area (Å²) >= 11 is 5.57. The molecule has 0 amide bonds. The maximum absolute atomic E-state index is 12.6. The Morgan fingerprint density at radius 2 is 2.05 bits per heavy atom. The maximum atomic E-state index is 12.6. The average Bonchev–Trinajstić information content (AvgIpc) is 2.27. The minimum atomic E-state index is -4.57. The normalized spacial score (nSPS) is 13.2. The van der Waals surface area contributed by atoms with E-state index in [1.165, 1.54) is 6.07 Å². The Kier molecular flexibility index (Phi) is 5.20. The number of halogens is 4. The van der Waals surface area contributed by atoms with Gasteiger partial charge in [0.2, 0.25) is 0 Å². The molecule has 106 valence electrons. The minimum absolute atomic E-state index is 0.0760. The number of rotatable bonds is 4. The fraction of sp³-hybridized carbons (Fsp3) is 0.417. The second kappa shape index (κ2) is 6.25. The zero-order valence-corrected chi connectivity index (χ0v) is 10.8. The molecule has 1 aromatic rings. The Hall–Kier alpha value is -1.27. The first-order chi connectivity index (χ1) is 8.74. The third kappa shape index (κ3) is 4.72. The smallest absolute Gasteiger partial charge is 0.416 e. The minimum Gasteiger partial charge on any atom is -0.466 e. The van der Waals surface area contributed by atoms with E-state index in [0.717, 1.165) is 12.1 Å². The van der Waals surface area contributed by atoms with Crippen LogP contribution in [0, 0.1) is 0 Å². The Balaban J connectivity index is 2.94. The van der Waals surface area contributed by atoms with E-state index in [4.69, 9.17) is 11.6 Å². The van der Waals surface area contributed by atoms with E-state index in [1.54, 1.807) is 6.92 Å². The summed E-state index contributed by atoms with van der Waals surface area (Å²) in [7, 11) is 0. The molecule has 1 rings (SSSR count). The van der Waals surface area contributed by atoms with E-state index < -0.39 is 30.2 Å². The van der Waals surface area contributed by atoms with Crippen LogP contribution in [0.4, 0.5) is 13.2 Å². The number of aliphatic hydroxyl groups is 1. The van der Waals surface area contributed by atoms with E-state index in [0.29, 0.717) is 0 Å². The van der Waals surface area contributed by atoms with Crippen LogP contribution in [0.5, 0.6) is 0 Å². The van der Waals surface area contributed by atoms with Gasteiger partial charge in [-0.2, -0.15) is 13.2 Å². The van der Waals surface area contributed by atoms with Crippen molar-refractivity contribution in [2.45, 2.75) is 25.6 Å². The van der Waals surface area contributed by atoms with E-state index in [9.17, 15) is 23.1 Å². The number of hydrogen-bond acceptors (Lipinski definition) is 3.